The Morgan fingerprint density at radius 2 is 1.43 bits per heavy atom. The van der Waals surface area contributed by atoms with Gasteiger partial charge in [-0.25, -0.2) is 0 Å². The molecule has 2 aromatic carbocycles. The Morgan fingerprint density at radius 3 is 2.19 bits per heavy atom. The predicted octanol–water partition coefficient (Wildman–Crippen LogP) is 5.06. The number of pyridine rings is 2. The Balaban J connectivity index is 2.30. The fraction of sp³-hybridized carbons (Fsp3) is 0.158. The molecular formula is C19H16N2. The normalized spacial score (nSPS) is 11.8. The number of nitrogens with zero attached hydrogens (tertiary/aromatic N) is 2. The highest BCUT2D eigenvalue weighted by molar-refractivity contribution is 6.22. The lowest BCUT2D eigenvalue weighted by Crippen LogP contribution is -1.92. The van der Waals surface area contributed by atoms with Gasteiger partial charge in [0.05, 0.1) is 11.0 Å². The van der Waals surface area contributed by atoms with E-state index in [2.05, 4.69) is 55.2 Å². The number of fused-ring (bicyclic) bond motifs is 6. The van der Waals surface area contributed by atoms with Crippen LogP contribution in [0.5, 0.6) is 0 Å². The molecule has 0 amide bonds. The zero-order valence-electron chi connectivity index (χ0n) is 12.2. The van der Waals surface area contributed by atoms with E-state index in [0.717, 1.165) is 11.0 Å². The van der Waals surface area contributed by atoms with Crippen molar-refractivity contribution in [2.24, 2.45) is 0 Å². The lowest BCUT2D eigenvalue weighted by Gasteiger charge is -2.11. The average molecular weight is 272 g/mol. The van der Waals surface area contributed by atoms with E-state index in [-0.39, 0.29) is 0 Å². The molecule has 0 unspecified atom stereocenters. The van der Waals surface area contributed by atoms with E-state index in [1.807, 2.05) is 18.5 Å². The van der Waals surface area contributed by atoms with Gasteiger partial charge in [-0.05, 0) is 34.4 Å². The monoisotopic (exact) mass is 272 g/mol. The first-order valence-corrected chi connectivity index (χ1v) is 7.31. The molecule has 0 spiro atoms. The third-order valence-electron chi connectivity index (χ3n) is 4.11. The molecule has 0 saturated heterocycles. The highest BCUT2D eigenvalue weighted by Crippen LogP contribution is 2.33. The first kappa shape index (κ1) is 12.3. The van der Waals surface area contributed by atoms with Crippen LogP contribution in [0.3, 0.4) is 0 Å². The van der Waals surface area contributed by atoms with Crippen molar-refractivity contribution in [3.63, 3.8) is 0 Å². The summed E-state index contributed by atoms with van der Waals surface area (Å²) in [6.45, 7) is 4.40. The quantitative estimate of drug-likeness (QED) is 0.453. The van der Waals surface area contributed by atoms with Crippen molar-refractivity contribution in [3.8, 4) is 0 Å². The maximum Gasteiger partial charge on any atom is 0.0971 e. The second-order valence-electron chi connectivity index (χ2n) is 5.76. The topological polar surface area (TPSA) is 25.8 Å². The van der Waals surface area contributed by atoms with Gasteiger partial charge in [0.1, 0.15) is 0 Å². The third-order valence-corrected chi connectivity index (χ3v) is 4.11. The fourth-order valence-electron chi connectivity index (χ4n) is 2.95. The molecule has 0 aliphatic rings. The van der Waals surface area contributed by atoms with Crippen LogP contribution in [0.2, 0.25) is 0 Å². The van der Waals surface area contributed by atoms with Gasteiger partial charge in [0.15, 0.2) is 0 Å². The van der Waals surface area contributed by atoms with E-state index in [1.165, 1.54) is 27.1 Å². The van der Waals surface area contributed by atoms with Crippen LogP contribution in [-0.4, -0.2) is 9.97 Å². The predicted molar refractivity (Wildman–Crippen MR) is 88.6 cm³/mol. The van der Waals surface area contributed by atoms with Crippen LogP contribution in [0.1, 0.15) is 25.3 Å². The molecular weight excluding hydrogens is 256 g/mol. The molecule has 2 heterocycles. The number of aromatic nitrogens is 2. The van der Waals surface area contributed by atoms with E-state index in [1.54, 1.807) is 0 Å². The second kappa shape index (κ2) is 4.52. The summed E-state index contributed by atoms with van der Waals surface area (Å²) in [5.74, 6) is 0.472. The van der Waals surface area contributed by atoms with E-state index >= 15 is 0 Å². The lowest BCUT2D eigenvalue weighted by molar-refractivity contribution is 0.862. The first-order valence-electron chi connectivity index (χ1n) is 7.31. The largest absolute Gasteiger partial charge is 0.254 e. The molecule has 0 bridgehead atoms. The van der Waals surface area contributed by atoms with Crippen molar-refractivity contribution in [2.45, 2.75) is 19.8 Å². The maximum atomic E-state index is 4.72. The summed E-state index contributed by atoms with van der Waals surface area (Å²) in [5.41, 5.74) is 3.25. The van der Waals surface area contributed by atoms with E-state index in [0.29, 0.717) is 5.92 Å². The van der Waals surface area contributed by atoms with Gasteiger partial charge in [0.25, 0.3) is 0 Å². The Labute approximate surface area is 123 Å². The van der Waals surface area contributed by atoms with Crippen molar-refractivity contribution in [1.82, 2.24) is 9.97 Å². The van der Waals surface area contributed by atoms with Crippen LogP contribution in [0.15, 0.2) is 54.9 Å². The summed E-state index contributed by atoms with van der Waals surface area (Å²) in [6.07, 6.45) is 3.82. The highest BCUT2D eigenvalue weighted by Gasteiger charge is 2.11. The molecule has 2 heteroatoms. The fourth-order valence-corrected chi connectivity index (χ4v) is 2.95. The Kier molecular flexibility index (Phi) is 2.64. The summed E-state index contributed by atoms with van der Waals surface area (Å²) in [7, 11) is 0. The third kappa shape index (κ3) is 1.79. The minimum absolute atomic E-state index is 0.472. The van der Waals surface area contributed by atoms with Crippen LogP contribution in [0, 0.1) is 0 Å². The molecule has 21 heavy (non-hydrogen) atoms. The molecule has 0 aliphatic heterocycles. The minimum atomic E-state index is 0.472. The molecule has 0 atom stereocenters. The van der Waals surface area contributed by atoms with Crippen molar-refractivity contribution in [3.05, 3.63) is 60.4 Å². The van der Waals surface area contributed by atoms with Crippen molar-refractivity contribution in [1.29, 1.82) is 0 Å². The second-order valence-corrected chi connectivity index (χ2v) is 5.76. The number of rotatable bonds is 1. The number of hydrogen-bond acceptors (Lipinski definition) is 2. The van der Waals surface area contributed by atoms with Gasteiger partial charge in [-0.1, -0.05) is 44.2 Å². The average Bonchev–Trinajstić information content (AvgIpc) is 2.54. The van der Waals surface area contributed by atoms with Gasteiger partial charge in [0.2, 0.25) is 0 Å². The standard InChI is InChI=1S/C19H16N2/c1-12(2)13-10-17-15-7-4-3-6-14(15)16-8-5-9-20-18(16)19(17)21-11-13/h3-12H,1-2H3. The van der Waals surface area contributed by atoms with Gasteiger partial charge >= 0.3 is 0 Å². The van der Waals surface area contributed by atoms with Crippen LogP contribution >= 0.6 is 0 Å². The summed E-state index contributed by atoms with van der Waals surface area (Å²) in [5, 5.41) is 4.87. The number of hydrogen-bond donors (Lipinski definition) is 0. The zero-order valence-corrected chi connectivity index (χ0v) is 12.2. The maximum absolute atomic E-state index is 4.72. The first-order chi connectivity index (χ1) is 10.3. The molecule has 2 nitrogen and oxygen atoms in total. The van der Waals surface area contributed by atoms with Crippen LogP contribution < -0.4 is 0 Å². The van der Waals surface area contributed by atoms with Gasteiger partial charge in [-0.3, -0.25) is 9.97 Å². The molecule has 4 aromatic rings. The molecule has 102 valence electrons. The van der Waals surface area contributed by atoms with Crippen molar-refractivity contribution >= 4 is 32.6 Å². The van der Waals surface area contributed by atoms with E-state index in [4.69, 9.17) is 4.98 Å². The lowest BCUT2D eigenvalue weighted by atomic mass is 9.97. The highest BCUT2D eigenvalue weighted by atomic mass is 14.7. The Bertz CT molecular complexity index is 936. The molecule has 0 fully saturated rings. The molecule has 0 saturated carbocycles. The van der Waals surface area contributed by atoms with Gasteiger partial charge < -0.3 is 0 Å². The zero-order chi connectivity index (χ0) is 14.4. The van der Waals surface area contributed by atoms with Gasteiger partial charge in [-0.2, -0.15) is 0 Å². The summed E-state index contributed by atoms with van der Waals surface area (Å²) >= 11 is 0. The van der Waals surface area contributed by atoms with E-state index < -0.39 is 0 Å². The molecule has 0 radical (unpaired) electrons. The summed E-state index contributed by atoms with van der Waals surface area (Å²) in [6, 6.07) is 14.9. The molecule has 4 rings (SSSR count). The van der Waals surface area contributed by atoms with Crippen molar-refractivity contribution < 1.29 is 0 Å². The SMILES string of the molecule is CC(C)c1cnc2c(c1)c1ccccc1c1cccnc12. The Morgan fingerprint density at radius 1 is 0.762 bits per heavy atom. The molecule has 0 N–H and O–H groups in total. The van der Waals surface area contributed by atoms with Gasteiger partial charge in [0, 0.05) is 23.2 Å². The Hall–Kier alpha value is -2.48. The smallest absolute Gasteiger partial charge is 0.0971 e. The van der Waals surface area contributed by atoms with Gasteiger partial charge in [-0.15, -0.1) is 0 Å². The van der Waals surface area contributed by atoms with Crippen LogP contribution in [0.4, 0.5) is 0 Å². The van der Waals surface area contributed by atoms with E-state index in [9.17, 15) is 0 Å². The minimum Gasteiger partial charge on any atom is -0.254 e. The van der Waals surface area contributed by atoms with Crippen LogP contribution in [-0.2, 0) is 0 Å². The van der Waals surface area contributed by atoms with Crippen molar-refractivity contribution in [2.75, 3.05) is 0 Å². The molecule has 0 aliphatic carbocycles. The number of benzene rings is 2. The summed E-state index contributed by atoms with van der Waals surface area (Å²) in [4.78, 5) is 9.29. The van der Waals surface area contributed by atoms with Crippen LogP contribution in [0.25, 0.3) is 32.6 Å². The summed E-state index contributed by atoms with van der Waals surface area (Å²) < 4.78 is 0. The molecule has 2 aromatic heterocycles.